The Balaban J connectivity index is 1.38. The molecule has 6 nitrogen and oxygen atoms in total. The molecule has 3 aromatic carbocycles. The molecule has 1 aliphatic heterocycles. The summed E-state index contributed by atoms with van der Waals surface area (Å²) in [5.74, 6) is -0.542. The van der Waals surface area contributed by atoms with Crippen LogP contribution in [0, 0.1) is 5.82 Å². The summed E-state index contributed by atoms with van der Waals surface area (Å²) in [6.07, 6.45) is 0.857. The highest BCUT2D eigenvalue weighted by molar-refractivity contribution is 5.95. The minimum atomic E-state index is -0.478. The van der Waals surface area contributed by atoms with Gasteiger partial charge in [0.1, 0.15) is 11.9 Å². The molecule has 1 saturated heterocycles. The second-order valence-corrected chi connectivity index (χ2v) is 8.68. The van der Waals surface area contributed by atoms with Gasteiger partial charge in [0, 0.05) is 37.6 Å². The van der Waals surface area contributed by atoms with Crippen LogP contribution >= 0.6 is 0 Å². The number of hydrogen-bond donors (Lipinski definition) is 2. The minimum absolute atomic E-state index is 0.0342. The number of carbonyl (C=O) groups excluding carboxylic acids is 2. The molecule has 35 heavy (non-hydrogen) atoms. The van der Waals surface area contributed by atoms with E-state index in [0.29, 0.717) is 38.4 Å². The van der Waals surface area contributed by atoms with Gasteiger partial charge in [-0.25, -0.2) is 4.39 Å². The van der Waals surface area contributed by atoms with Gasteiger partial charge in [0.2, 0.25) is 11.8 Å². The fourth-order valence-corrected chi connectivity index (χ4v) is 4.43. The summed E-state index contributed by atoms with van der Waals surface area (Å²) in [7, 11) is 0. The molecule has 1 heterocycles. The monoisotopic (exact) mass is 474 g/mol. The Labute approximate surface area is 205 Å². The number of para-hydroxylation sites is 1. The Morgan fingerprint density at radius 1 is 0.857 bits per heavy atom. The number of rotatable bonds is 8. The van der Waals surface area contributed by atoms with E-state index in [1.165, 1.54) is 12.1 Å². The van der Waals surface area contributed by atoms with Crippen molar-refractivity contribution < 1.29 is 14.0 Å². The quantitative estimate of drug-likeness (QED) is 0.510. The Morgan fingerprint density at radius 3 is 2.20 bits per heavy atom. The molecule has 1 atom stereocenters. The molecular formula is C28H31FN4O2. The van der Waals surface area contributed by atoms with Crippen LogP contribution < -0.4 is 10.6 Å². The maximum Gasteiger partial charge on any atom is 0.246 e. The zero-order valence-corrected chi connectivity index (χ0v) is 19.9. The van der Waals surface area contributed by atoms with Crippen LogP contribution in [0.15, 0.2) is 78.9 Å². The van der Waals surface area contributed by atoms with E-state index in [-0.39, 0.29) is 17.6 Å². The van der Waals surface area contributed by atoms with Gasteiger partial charge in [-0.2, -0.15) is 0 Å². The second-order valence-electron chi connectivity index (χ2n) is 8.68. The molecule has 1 unspecified atom stereocenters. The van der Waals surface area contributed by atoms with E-state index in [9.17, 15) is 14.0 Å². The zero-order chi connectivity index (χ0) is 24.6. The molecular weight excluding hydrogens is 443 g/mol. The first-order chi connectivity index (χ1) is 17.0. The van der Waals surface area contributed by atoms with Crippen molar-refractivity contribution in [3.8, 4) is 0 Å². The number of anilines is 2. The summed E-state index contributed by atoms with van der Waals surface area (Å²) in [4.78, 5) is 30.2. The van der Waals surface area contributed by atoms with E-state index in [2.05, 4.69) is 27.4 Å². The number of aryl methyl sites for hydroxylation is 1. The molecule has 182 valence electrons. The Bertz CT molecular complexity index is 1130. The summed E-state index contributed by atoms with van der Waals surface area (Å²) in [6.45, 7) is 5.03. The third kappa shape index (κ3) is 6.53. The minimum Gasteiger partial charge on any atom is -0.325 e. The lowest BCUT2D eigenvalue weighted by Crippen LogP contribution is -2.51. The van der Waals surface area contributed by atoms with Gasteiger partial charge in [-0.1, -0.05) is 55.5 Å². The number of amides is 2. The molecule has 0 radical (unpaired) electrons. The van der Waals surface area contributed by atoms with Crippen LogP contribution in [0.1, 0.15) is 24.1 Å². The smallest absolute Gasteiger partial charge is 0.246 e. The van der Waals surface area contributed by atoms with E-state index in [0.717, 1.165) is 23.2 Å². The van der Waals surface area contributed by atoms with E-state index in [4.69, 9.17) is 0 Å². The highest BCUT2D eigenvalue weighted by Gasteiger charge is 2.31. The molecule has 2 amide bonds. The van der Waals surface area contributed by atoms with E-state index in [1.807, 2.05) is 54.6 Å². The number of carbonyl (C=O) groups is 2. The third-order valence-corrected chi connectivity index (χ3v) is 6.29. The van der Waals surface area contributed by atoms with Crippen molar-refractivity contribution >= 4 is 23.2 Å². The first-order valence-electron chi connectivity index (χ1n) is 12.0. The number of nitrogens with zero attached hydrogens (tertiary/aromatic N) is 2. The molecule has 7 heteroatoms. The lowest BCUT2D eigenvalue weighted by Gasteiger charge is -2.38. The number of halogens is 1. The molecule has 4 rings (SSSR count). The average molecular weight is 475 g/mol. The Morgan fingerprint density at radius 2 is 1.51 bits per heavy atom. The number of nitrogens with one attached hydrogen (secondary N) is 2. The fourth-order valence-electron chi connectivity index (χ4n) is 4.43. The van der Waals surface area contributed by atoms with Crippen LogP contribution in [-0.4, -0.2) is 54.3 Å². The maximum absolute atomic E-state index is 13.3. The number of piperazine rings is 1. The Kier molecular flexibility index (Phi) is 8.23. The SMILES string of the molecule is CCc1ccccc1NC(=O)CN1CCN(C(C(=O)Nc2ccc(F)cc2)c2ccccc2)CC1. The largest absolute Gasteiger partial charge is 0.325 e. The normalized spacial score (nSPS) is 15.4. The van der Waals surface area contributed by atoms with E-state index in [1.54, 1.807) is 12.1 Å². The first-order valence-corrected chi connectivity index (χ1v) is 12.0. The van der Waals surface area contributed by atoms with Crippen LogP contribution in [0.2, 0.25) is 0 Å². The summed E-state index contributed by atoms with van der Waals surface area (Å²) < 4.78 is 13.3. The zero-order valence-electron chi connectivity index (χ0n) is 19.9. The van der Waals surface area contributed by atoms with Crippen molar-refractivity contribution in [2.24, 2.45) is 0 Å². The molecule has 1 fully saturated rings. The van der Waals surface area contributed by atoms with Gasteiger partial charge in [-0.15, -0.1) is 0 Å². The topological polar surface area (TPSA) is 64.7 Å². The standard InChI is InChI=1S/C28H31FN4O2/c1-2-21-8-6-7-11-25(21)31-26(34)20-32-16-18-33(19-17-32)27(22-9-4-3-5-10-22)28(35)30-24-14-12-23(29)13-15-24/h3-15,27H,2,16-20H2,1H3,(H,30,35)(H,31,34). The van der Waals surface area contributed by atoms with Gasteiger partial charge in [0.25, 0.3) is 0 Å². The summed E-state index contributed by atoms with van der Waals surface area (Å²) >= 11 is 0. The maximum atomic E-state index is 13.3. The molecule has 0 bridgehead atoms. The molecule has 1 aliphatic rings. The van der Waals surface area contributed by atoms with E-state index >= 15 is 0 Å². The molecule has 0 spiro atoms. The van der Waals surface area contributed by atoms with Gasteiger partial charge in [-0.05, 0) is 47.9 Å². The predicted octanol–water partition coefficient (Wildman–Crippen LogP) is 4.32. The predicted molar refractivity (Wildman–Crippen MR) is 137 cm³/mol. The first kappa shape index (κ1) is 24.6. The number of hydrogen-bond acceptors (Lipinski definition) is 4. The summed E-state index contributed by atoms with van der Waals surface area (Å²) in [6, 6.07) is 22.8. The third-order valence-electron chi connectivity index (χ3n) is 6.29. The van der Waals surface area contributed by atoms with Gasteiger partial charge in [0.15, 0.2) is 0 Å². The summed E-state index contributed by atoms with van der Waals surface area (Å²) in [5.41, 5.74) is 3.43. The lowest BCUT2D eigenvalue weighted by molar-refractivity contribution is -0.123. The molecule has 0 aromatic heterocycles. The van der Waals surface area contributed by atoms with Crippen molar-refractivity contribution in [1.29, 1.82) is 0 Å². The van der Waals surface area contributed by atoms with Crippen LogP contribution in [-0.2, 0) is 16.0 Å². The van der Waals surface area contributed by atoms with E-state index < -0.39 is 6.04 Å². The van der Waals surface area contributed by atoms with Gasteiger partial charge >= 0.3 is 0 Å². The molecule has 0 aliphatic carbocycles. The van der Waals surface area contributed by atoms with Gasteiger partial charge in [-0.3, -0.25) is 19.4 Å². The van der Waals surface area contributed by atoms with Crippen molar-refractivity contribution in [2.45, 2.75) is 19.4 Å². The highest BCUT2D eigenvalue weighted by Crippen LogP contribution is 2.24. The van der Waals surface area contributed by atoms with Gasteiger partial charge in [0.05, 0.1) is 6.54 Å². The van der Waals surface area contributed by atoms with Crippen LogP contribution in [0.5, 0.6) is 0 Å². The van der Waals surface area contributed by atoms with Crippen LogP contribution in [0.3, 0.4) is 0 Å². The number of benzene rings is 3. The van der Waals surface area contributed by atoms with Crippen molar-refractivity contribution in [2.75, 3.05) is 43.4 Å². The van der Waals surface area contributed by atoms with Crippen LogP contribution in [0.25, 0.3) is 0 Å². The van der Waals surface area contributed by atoms with Crippen molar-refractivity contribution in [1.82, 2.24) is 9.80 Å². The molecule has 2 N–H and O–H groups in total. The van der Waals surface area contributed by atoms with Gasteiger partial charge < -0.3 is 10.6 Å². The molecule has 0 saturated carbocycles. The van der Waals surface area contributed by atoms with Crippen molar-refractivity contribution in [3.63, 3.8) is 0 Å². The average Bonchev–Trinajstić information content (AvgIpc) is 2.87. The summed E-state index contributed by atoms with van der Waals surface area (Å²) in [5, 5.41) is 5.95. The molecule has 3 aromatic rings. The fraction of sp³-hybridized carbons (Fsp3) is 0.286. The van der Waals surface area contributed by atoms with Crippen LogP contribution in [0.4, 0.5) is 15.8 Å². The van der Waals surface area contributed by atoms with Crippen molar-refractivity contribution in [3.05, 3.63) is 95.8 Å². The highest BCUT2D eigenvalue weighted by atomic mass is 19.1. The second kappa shape index (κ2) is 11.7. The Hall–Kier alpha value is -3.55. The lowest BCUT2D eigenvalue weighted by atomic mass is 10.0.